The van der Waals surface area contributed by atoms with Crippen LogP contribution in [0.4, 0.5) is 0 Å². The second-order valence-electron chi connectivity index (χ2n) is 3.89. The van der Waals surface area contributed by atoms with Gasteiger partial charge in [0.2, 0.25) is 0 Å². The predicted molar refractivity (Wildman–Crippen MR) is 53.4 cm³/mol. The Morgan fingerprint density at radius 1 is 1.00 bits per heavy atom. The molecule has 0 spiro atoms. The highest BCUT2D eigenvalue weighted by Crippen LogP contribution is 2.25. The molecule has 0 aromatic heterocycles. The third-order valence-corrected chi connectivity index (χ3v) is 2.79. The summed E-state index contributed by atoms with van der Waals surface area (Å²) in [6, 6.07) is 0. The van der Waals surface area contributed by atoms with Crippen molar-refractivity contribution < 1.29 is 9.31 Å². The van der Waals surface area contributed by atoms with E-state index in [4.69, 9.17) is 9.31 Å². The maximum atomic E-state index is 5.43. The Morgan fingerprint density at radius 2 is 1.69 bits per heavy atom. The highest BCUT2D eigenvalue weighted by Gasteiger charge is 2.19. The molecule has 0 unspecified atom stereocenters. The molecule has 13 heavy (non-hydrogen) atoms. The van der Waals surface area contributed by atoms with Gasteiger partial charge in [0.05, 0.1) is 0 Å². The van der Waals surface area contributed by atoms with Gasteiger partial charge in [0.15, 0.2) is 0 Å². The zero-order valence-electron chi connectivity index (χ0n) is 8.08. The summed E-state index contributed by atoms with van der Waals surface area (Å²) in [5.74, 6) is 2.88. The molecule has 1 heterocycles. The molecule has 0 N–H and O–H groups in total. The summed E-state index contributed by atoms with van der Waals surface area (Å²) in [5.41, 5.74) is 0. The Balaban J connectivity index is 1.74. The Hall–Kier alpha value is -0.275. The summed E-state index contributed by atoms with van der Waals surface area (Å²) in [6.07, 6.45) is 8.80. The minimum Gasteiger partial charge on any atom is -0.408 e. The van der Waals surface area contributed by atoms with E-state index in [0.717, 1.165) is 25.6 Å². The number of allylic oxidation sites excluding steroid dienone is 1. The monoisotopic (exact) mass is 180 g/mol. The van der Waals surface area contributed by atoms with Gasteiger partial charge in [-0.1, -0.05) is 24.9 Å². The molecule has 2 rings (SSSR count). The molecule has 1 saturated heterocycles. The molecule has 0 aromatic carbocycles. The van der Waals surface area contributed by atoms with Crippen LogP contribution in [0.3, 0.4) is 0 Å². The van der Waals surface area contributed by atoms with Gasteiger partial charge in [-0.3, -0.25) is 0 Å². The van der Waals surface area contributed by atoms with Gasteiger partial charge >= 0.3 is 7.12 Å². The normalized spacial score (nSPS) is 26.0. The van der Waals surface area contributed by atoms with Crippen molar-refractivity contribution in [2.45, 2.75) is 32.1 Å². The molecular weight excluding hydrogens is 163 g/mol. The van der Waals surface area contributed by atoms with Crippen LogP contribution >= 0.6 is 0 Å². The highest BCUT2D eigenvalue weighted by atomic mass is 16.6. The molecule has 0 amide bonds. The standard InChI is InChI=1S/C10H17BO2/c1-2-5-10(4-1)6-7-11-12-8-3-9-13-11/h6-7,10H,1-5,8-9H2/b7-6+. The molecule has 2 fully saturated rings. The molecular formula is C10H17BO2. The van der Waals surface area contributed by atoms with E-state index in [9.17, 15) is 0 Å². The van der Waals surface area contributed by atoms with Crippen LogP contribution in [0.2, 0.25) is 0 Å². The Morgan fingerprint density at radius 3 is 2.38 bits per heavy atom. The van der Waals surface area contributed by atoms with E-state index in [-0.39, 0.29) is 7.12 Å². The van der Waals surface area contributed by atoms with Crippen molar-refractivity contribution in [1.29, 1.82) is 0 Å². The SMILES string of the molecule is C(=C\C1CCCC1)/B1OCCCO1. The van der Waals surface area contributed by atoms with Crippen LogP contribution in [0.25, 0.3) is 0 Å². The van der Waals surface area contributed by atoms with E-state index in [0.29, 0.717) is 0 Å². The minimum absolute atomic E-state index is 0.0608. The van der Waals surface area contributed by atoms with E-state index in [1.54, 1.807) is 0 Å². The summed E-state index contributed by atoms with van der Waals surface area (Å²) >= 11 is 0. The lowest BCUT2D eigenvalue weighted by Crippen LogP contribution is -2.27. The molecule has 1 aliphatic carbocycles. The Bertz CT molecular complexity index is 170. The zero-order valence-corrected chi connectivity index (χ0v) is 8.08. The topological polar surface area (TPSA) is 18.5 Å². The van der Waals surface area contributed by atoms with Gasteiger partial charge in [-0.2, -0.15) is 0 Å². The van der Waals surface area contributed by atoms with Crippen molar-refractivity contribution >= 4 is 7.12 Å². The van der Waals surface area contributed by atoms with Crippen molar-refractivity contribution in [2.75, 3.05) is 13.2 Å². The molecule has 1 saturated carbocycles. The van der Waals surface area contributed by atoms with Gasteiger partial charge in [-0.25, -0.2) is 0 Å². The van der Waals surface area contributed by atoms with Crippen LogP contribution in [-0.2, 0) is 9.31 Å². The Labute approximate surface area is 80.4 Å². The molecule has 3 heteroatoms. The third-order valence-electron chi connectivity index (χ3n) is 2.79. The molecule has 0 atom stereocenters. The quantitative estimate of drug-likeness (QED) is 0.606. The van der Waals surface area contributed by atoms with E-state index < -0.39 is 0 Å². The molecule has 0 bridgehead atoms. The average molecular weight is 180 g/mol. The number of hydrogen-bond donors (Lipinski definition) is 0. The van der Waals surface area contributed by atoms with Gasteiger partial charge in [-0.15, -0.1) is 0 Å². The first-order valence-corrected chi connectivity index (χ1v) is 5.37. The lowest BCUT2D eigenvalue weighted by atomic mass is 9.86. The fourth-order valence-corrected chi connectivity index (χ4v) is 2.01. The molecule has 1 aliphatic heterocycles. The third kappa shape index (κ3) is 2.85. The van der Waals surface area contributed by atoms with Crippen molar-refractivity contribution in [3.05, 3.63) is 12.1 Å². The summed E-state index contributed by atoms with van der Waals surface area (Å²) in [6.45, 7) is 1.69. The second-order valence-corrected chi connectivity index (χ2v) is 3.89. The summed E-state index contributed by atoms with van der Waals surface area (Å²) < 4.78 is 10.9. The van der Waals surface area contributed by atoms with E-state index in [1.165, 1.54) is 25.7 Å². The molecule has 0 aromatic rings. The smallest absolute Gasteiger partial charge is 0.408 e. The van der Waals surface area contributed by atoms with E-state index in [1.807, 2.05) is 0 Å². The molecule has 0 radical (unpaired) electrons. The van der Waals surface area contributed by atoms with Crippen LogP contribution in [0.5, 0.6) is 0 Å². The van der Waals surface area contributed by atoms with Crippen LogP contribution in [0.15, 0.2) is 12.1 Å². The minimum atomic E-state index is -0.0608. The lowest BCUT2D eigenvalue weighted by Gasteiger charge is -2.17. The average Bonchev–Trinajstić information content (AvgIpc) is 2.69. The van der Waals surface area contributed by atoms with E-state index >= 15 is 0 Å². The Kier molecular flexibility index (Phi) is 3.44. The molecule has 2 nitrogen and oxygen atoms in total. The van der Waals surface area contributed by atoms with Crippen molar-refractivity contribution in [3.8, 4) is 0 Å². The number of rotatable bonds is 2. The van der Waals surface area contributed by atoms with Gasteiger partial charge in [0.25, 0.3) is 0 Å². The summed E-state index contributed by atoms with van der Waals surface area (Å²) in [5, 5.41) is 0. The maximum absolute atomic E-state index is 5.43. The largest absolute Gasteiger partial charge is 0.485 e. The van der Waals surface area contributed by atoms with Crippen molar-refractivity contribution in [2.24, 2.45) is 5.92 Å². The maximum Gasteiger partial charge on any atom is 0.485 e. The molecule has 72 valence electrons. The number of hydrogen-bond acceptors (Lipinski definition) is 2. The van der Waals surface area contributed by atoms with Gasteiger partial charge < -0.3 is 9.31 Å². The first-order chi connectivity index (χ1) is 6.45. The van der Waals surface area contributed by atoms with Crippen LogP contribution in [0.1, 0.15) is 32.1 Å². The van der Waals surface area contributed by atoms with Gasteiger partial charge in [0.1, 0.15) is 0 Å². The summed E-state index contributed by atoms with van der Waals surface area (Å²) in [7, 11) is -0.0608. The van der Waals surface area contributed by atoms with Crippen LogP contribution in [0, 0.1) is 5.92 Å². The van der Waals surface area contributed by atoms with Gasteiger partial charge in [0, 0.05) is 13.2 Å². The first-order valence-electron chi connectivity index (χ1n) is 5.37. The fraction of sp³-hybridized carbons (Fsp3) is 0.800. The van der Waals surface area contributed by atoms with Crippen molar-refractivity contribution in [1.82, 2.24) is 0 Å². The zero-order chi connectivity index (χ0) is 8.93. The summed E-state index contributed by atoms with van der Waals surface area (Å²) in [4.78, 5) is 0. The fourth-order valence-electron chi connectivity index (χ4n) is 2.01. The second kappa shape index (κ2) is 4.82. The first kappa shape index (κ1) is 9.29. The van der Waals surface area contributed by atoms with Crippen molar-refractivity contribution in [3.63, 3.8) is 0 Å². The predicted octanol–water partition coefficient (Wildman–Crippen LogP) is 2.20. The van der Waals surface area contributed by atoms with Crippen LogP contribution in [-0.4, -0.2) is 20.3 Å². The molecule has 2 aliphatic rings. The lowest BCUT2D eigenvalue weighted by molar-refractivity contribution is 0.142. The van der Waals surface area contributed by atoms with Crippen LogP contribution < -0.4 is 0 Å². The van der Waals surface area contributed by atoms with Gasteiger partial charge in [-0.05, 0) is 25.2 Å². The van der Waals surface area contributed by atoms with E-state index in [2.05, 4.69) is 12.1 Å². The highest BCUT2D eigenvalue weighted by molar-refractivity contribution is 6.50.